The number of benzene rings is 2. The third kappa shape index (κ3) is 4.63. The number of carbonyl (C=O) groups excluding carboxylic acids is 1. The summed E-state index contributed by atoms with van der Waals surface area (Å²) in [7, 11) is 0. The van der Waals surface area contributed by atoms with Crippen LogP contribution >= 0.6 is 0 Å². The van der Waals surface area contributed by atoms with Gasteiger partial charge in [-0.3, -0.25) is 19.7 Å². The van der Waals surface area contributed by atoms with Crippen molar-refractivity contribution >= 4 is 17.4 Å². The fourth-order valence-corrected chi connectivity index (χ4v) is 5.38. The van der Waals surface area contributed by atoms with Crippen LogP contribution in [0.25, 0.3) is 11.1 Å². The Morgan fingerprint density at radius 2 is 1.71 bits per heavy atom. The second-order valence-corrected chi connectivity index (χ2v) is 9.83. The van der Waals surface area contributed by atoms with E-state index in [1.165, 1.54) is 12.8 Å². The van der Waals surface area contributed by atoms with E-state index in [-0.39, 0.29) is 5.91 Å². The van der Waals surface area contributed by atoms with Gasteiger partial charge in [0.1, 0.15) is 11.4 Å². The average Bonchev–Trinajstić information content (AvgIpc) is 3.61. The Labute approximate surface area is 202 Å². The minimum absolute atomic E-state index is 0.216. The Morgan fingerprint density at radius 3 is 2.44 bits per heavy atom. The molecule has 2 aliphatic heterocycles. The van der Waals surface area contributed by atoms with Crippen molar-refractivity contribution in [3.63, 3.8) is 0 Å². The molecule has 6 heteroatoms. The maximum absolute atomic E-state index is 13.4. The van der Waals surface area contributed by atoms with Crippen LogP contribution in [0.5, 0.6) is 0 Å². The molecule has 2 heterocycles. The maximum Gasteiger partial charge on any atom is 0.256 e. The Hall–Kier alpha value is -3.02. The molecule has 1 saturated carbocycles. The molecule has 3 aliphatic rings. The third-order valence-electron chi connectivity index (χ3n) is 7.35. The predicted octanol–water partition coefficient (Wildman–Crippen LogP) is 6.69. The van der Waals surface area contributed by atoms with Crippen molar-refractivity contribution < 1.29 is 4.79 Å². The van der Waals surface area contributed by atoms with Crippen molar-refractivity contribution in [2.24, 2.45) is 15.3 Å². The highest BCUT2D eigenvalue weighted by atomic mass is 16.2. The lowest BCUT2D eigenvalue weighted by atomic mass is 9.98. The lowest BCUT2D eigenvalue weighted by molar-refractivity contribution is -0.131. The second kappa shape index (κ2) is 10.1. The quantitative estimate of drug-likeness (QED) is 0.415. The molecule has 2 fully saturated rings. The molecule has 0 radical (unpaired) electrons. The fourth-order valence-electron chi connectivity index (χ4n) is 5.38. The number of nitrogens with zero attached hydrogens (tertiary/aromatic N) is 5. The number of carbonyl (C=O) groups is 1. The fraction of sp³-hybridized carbons (Fsp3) is 0.500. The Balaban J connectivity index is 1.33. The van der Waals surface area contributed by atoms with E-state index in [0.29, 0.717) is 6.54 Å². The van der Waals surface area contributed by atoms with Crippen molar-refractivity contribution in [2.45, 2.75) is 76.8 Å². The highest BCUT2D eigenvalue weighted by molar-refractivity contribution is 6.08. The molecule has 2 aromatic rings. The van der Waals surface area contributed by atoms with Crippen LogP contribution in [0, 0.1) is 0 Å². The zero-order chi connectivity index (χ0) is 23.4. The molecule has 2 aromatic carbocycles. The molecule has 0 unspecified atom stereocenters. The molecule has 178 valence electrons. The molecule has 1 aliphatic carbocycles. The zero-order valence-corrected chi connectivity index (χ0v) is 20.2. The van der Waals surface area contributed by atoms with Crippen LogP contribution in [0.15, 0.2) is 63.9 Å². The molecule has 0 atom stereocenters. The largest absolute Gasteiger partial charge is 0.294 e. The Morgan fingerprint density at radius 1 is 0.971 bits per heavy atom. The Bertz CT molecular complexity index is 1060. The van der Waals surface area contributed by atoms with Gasteiger partial charge in [-0.15, -0.1) is 5.11 Å². The van der Waals surface area contributed by atoms with Crippen LogP contribution in [-0.2, 0) is 11.3 Å². The molecule has 1 spiro atoms. The first kappa shape index (κ1) is 22.8. The van der Waals surface area contributed by atoms with Crippen molar-refractivity contribution in [1.29, 1.82) is 0 Å². The SMILES string of the molecule is CCCCC1=NC2(CCCC2)C(=O)N1Cc1ccc(-c2ccccc2N=NN2CCCC2)cc1. The topological polar surface area (TPSA) is 60.6 Å². The summed E-state index contributed by atoms with van der Waals surface area (Å²) >= 11 is 0. The van der Waals surface area contributed by atoms with E-state index in [2.05, 4.69) is 47.6 Å². The summed E-state index contributed by atoms with van der Waals surface area (Å²) in [6.45, 7) is 4.76. The molecular weight excluding hydrogens is 422 g/mol. The third-order valence-corrected chi connectivity index (χ3v) is 7.35. The minimum Gasteiger partial charge on any atom is -0.294 e. The lowest BCUT2D eigenvalue weighted by Gasteiger charge is -2.23. The van der Waals surface area contributed by atoms with Gasteiger partial charge < -0.3 is 0 Å². The summed E-state index contributed by atoms with van der Waals surface area (Å²) in [5.74, 6) is 1.21. The highest BCUT2D eigenvalue weighted by Crippen LogP contribution is 2.40. The number of unbranched alkanes of at least 4 members (excludes halogenated alkanes) is 1. The van der Waals surface area contributed by atoms with Crippen molar-refractivity contribution in [3.8, 4) is 11.1 Å². The van der Waals surface area contributed by atoms with Gasteiger partial charge in [-0.25, -0.2) is 0 Å². The van der Waals surface area contributed by atoms with Crippen LogP contribution in [-0.4, -0.2) is 40.3 Å². The first-order valence-electron chi connectivity index (χ1n) is 12.9. The summed E-state index contributed by atoms with van der Waals surface area (Å²) in [6, 6.07) is 16.7. The lowest BCUT2D eigenvalue weighted by Crippen LogP contribution is -2.40. The van der Waals surface area contributed by atoms with E-state index in [9.17, 15) is 4.79 Å². The van der Waals surface area contributed by atoms with Gasteiger partial charge in [0.25, 0.3) is 5.91 Å². The second-order valence-electron chi connectivity index (χ2n) is 9.83. The summed E-state index contributed by atoms with van der Waals surface area (Å²) in [5, 5.41) is 11.0. The van der Waals surface area contributed by atoms with Crippen LogP contribution < -0.4 is 0 Å². The van der Waals surface area contributed by atoms with Crippen LogP contribution in [0.1, 0.15) is 70.3 Å². The van der Waals surface area contributed by atoms with Gasteiger partial charge in [0, 0.05) is 25.1 Å². The predicted molar refractivity (Wildman–Crippen MR) is 136 cm³/mol. The van der Waals surface area contributed by atoms with Gasteiger partial charge >= 0.3 is 0 Å². The monoisotopic (exact) mass is 457 g/mol. The molecule has 5 rings (SSSR count). The maximum atomic E-state index is 13.4. The first-order chi connectivity index (χ1) is 16.7. The number of hydrogen-bond donors (Lipinski definition) is 0. The first-order valence-corrected chi connectivity index (χ1v) is 12.9. The summed E-state index contributed by atoms with van der Waals surface area (Å²) in [4.78, 5) is 20.4. The zero-order valence-electron chi connectivity index (χ0n) is 20.2. The van der Waals surface area contributed by atoms with E-state index < -0.39 is 5.54 Å². The van der Waals surface area contributed by atoms with E-state index in [1.807, 2.05) is 28.1 Å². The molecule has 0 aromatic heterocycles. The van der Waals surface area contributed by atoms with E-state index in [1.54, 1.807) is 0 Å². The molecule has 1 amide bonds. The van der Waals surface area contributed by atoms with Crippen molar-refractivity contribution in [2.75, 3.05) is 13.1 Å². The number of aliphatic imine (C=N–C) groups is 1. The normalized spacial score (nSPS) is 19.7. The molecular formula is C28H35N5O. The van der Waals surface area contributed by atoms with Gasteiger partial charge in [-0.2, -0.15) is 0 Å². The molecule has 34 heavy (non-hydrogen) atoms. The van der Waals surface area contributed by atoms with Gasteiger partial charge in [0.15, 0.2) is 0 Å². The summed E-state index contributed by atoms with van der Waals surface area (Å²) in [5.41, 5.74) is 3.73. The molecule has 6 nitrogen and oxygen atoms in total. The summed E-state index contributed by atoms with van der Waals surface area (Å²) in [6.07, 6.45) is 9.45. The van der Waals surface area contributed by atoms with Gasteiger partial charge in [0.05, 0.1) is 12.2 Å². The number of rotatable bonds is 8. The van der Waals surface area contributed by atoms with E-state index in [4.69, 9.17) is 4.99 Å². The summed E-state index contributed by atoms with van der Waals surface area (Å²) < 4.78 is 0. The molecule has 0 bridgehead atoms. The van der Waals surface area contributed by atoms with Gasteiger partial charge in [-0.1, -0.05) is 73.9 Å². The highest BCUT2D eigenvalue weighted by Gasteiger charge is 2.49. The van der Waals surface area contributed by atoms with Crippen molar-refractivity contribution in [3.05, 3.63) is 54.1 Å². The van der Waals surface area contributed by atoms with E-state index >= 15 is 0 Å². The van der Waals surface area contributed by atoms with Crippen LogP contribution in [0.3, 0.4) is 0 Å². The van der Waals surface area contributed by atoms with Crippen LogP contribution in [0.4, 0.5) is 5.69 Å². The molecule has 1 saturated heterocycles. The van der Waals surface area contributed by atoms with Crippen LogP contribution in [0.2, 0.25) is 0 Å². The number of amides is 1. The van der Waals surface area contributed by atoms with Gasteiger partial charge in [0.2, 0.25) is 0 Å². The standard InChI is InChI=1S/C28H35N5O/c1-2-3-12-26-29-28(17-6-7-18-28)27(34)33(26)21-22-13-15-23(16-14-22)24-10-4-5-11-25(24)30-31-32-19-8-9-20-32/h4-5,10-11,13-16H,2-3,6-9,12,17-21H2,1H3. The van der Waals surface area contributed by atoms with E-state index in [0.717, 1.165) is 86.2 Å². The minimum atomic E-state index is -0.470. The Kier molecular flexibility index (Phi) is 6.75. The number of hydrogen-bond acceptors (Lipinski definition) is 4. The average molecular weight is 458 g/mol. The number of amidine groups is 1. The van der Waals surface area contributed by atoms with Crippen molar-refractivity contribution in [1.82, 2.24) is 9.91 Å². The smallest absolute Gasteiger partial charge is 0.256 e. The molecule has 0 N–H and O–H groups in total. The van der Waals surface area contributed by atoms with Gasteiger partial charge in [-0.05, 0) is 49.3 Å².